The van der Waals surface area contributed by atoms with Crippen molar-refractivity contribution in [1.82, 2.24) is 9.80 Å². The van der Waals surface area contributed by atoms with E-state index >= 15 is 0 Å². The van der Waals surface area contributed by atoms with Crippen LogP contribution >= 0.6 is 11.3 Å². The number of ether oxygens (including phenoxy) is 2. The fourth-order valence-corrected chi connectivity index (χ4v) is 5.17. The SMILES string of the molecule is Cc1ccc(CN(Cc2ccccc2)C(=O)CN(CC2CCCO2)C(=O)COCc2ccccc2)s1. The Hall–Kier alpha value is -3.00. The van der Waals surface area contributed by atoms with Crippen molar-refractivity contribution >= 4 is 23.2 Å². The molecule has 1 unspecified atom stereocenters. The molecule has 4 rings (SSSR count). The van der Waals surface area contributed by atoms with Gasteiger partial charge in [0, 0.05) is 29.5 Å². The van der Waals surface area contributed by atoms with Crippen molar-refractivity contribution in [3.8, 4) is 0 Å². The lowest BCUT2D eigenvalue weighted by atomic mass is 10.2. The van der Waals surface area contributed by atoms with Crippen LogP contribution in [0.1, 0.15) is 33.7 Å². The second-order valence-corrected chi connectivity index (χ2v) is 10.5. The molecule has 1 saturated heterocycles. The van der Waals surface area contributed by atoms with E-state index in [0.29, 0.717) is 32.8 Å². The molecule has 190 valence electrons. The van der Waals surface area contributed by atoms with Gasteiger partial charge < -0.3 is 19.3 Å². The maximum absolute atomic E-state index is 13.6. The second kappa shape index (κ2) is 13.3. The number of hydrogen-bond donors (Lipinski definition) is 0. The third-order valence-electron chi connectivity index (χ3n) is 6.18. The van der Waals surface area contributed by atoms with Crippen molar-refractivity contribution in [3.63, 3.8) is 0 Å². The van der Waals surface area contributed by atoms with Crippen LogP contribution in [0.25, 0.3) is 0 Å². The van der Waals surface area contributed by atoms with E-state index in [1.165, 1.54) is 4.88 Å². The normalized spacial score (nSPS) is 15.1. The average Bonchev–Trinajstić information content (AvgIpc) is 3.56. The van der Waals surface area contributed by atoms with Crippen molar-refractivity contribution in [2.75, 3.05) is 26.3 Å². The molecule has 2 amide bonds. The van der Waals surface area contributed by atoms with Gasteiger partial charge in [0.25, 0.3) is 0 Å². The molecule has 0 bridgehead atoms. The van der Waals surface area contributed by atoms with Gasteiger partial charge in [0.15, 0.2) is 0 Å². The smallest absolute Gasteiger partial charge is 0.249 e. The summed E-state index contributed by atoms with van der Waals surface area (Å²) in [4.78, 5) is 32.6. The molecule has 1 aromatic heterocycles. The Balaban J connectivity index is 1.43. The summed E-state index contributed by atoms with van der Waals surface area (Å²) in [5.41, 5.74) is 2.06. The molecule has 7 heteroatoms. The molecule has 3 aromatic rings. The van der Waals surface area contributed by atoms with E-state index in [0.717, 1.165) is 28.8 Å². The summed E-state index contributed by atoms with van der Waals surface area (Å²) in [6.07, 6.45) is 1.83. The van der Waals surface area contributed by atoms with Crippen molar-refractivity contribution in [1.29, 1.82) is 0 Å². The highest BCUT2D eigenvalue weighted by molar-refractivity contribution is 7.11. The van der Waals surface area contributed by atoms with Gasteiger partial charge in [-0.25, -0.2) is 0 Å². The largest absolute Gasteiger partial charge is 0.376 e. The van der Waals surface area contributed by atoms with Crippen LogP contribution in [-0.2, 0) is 38.8 Å². The number of aryl methyl sites for hydroxylation is 1. The Morgan fingerprint density at radius 1 is 0.917 bits per heavy atom. The fraction of sp³-hybridized carbons (Fsp3) is 0.379. The van der Waals surface area contributed by atoms with Gasteiger partial charge in [-0.1, -0.05) is 60.7 Å². The maximum atomic E-state index is 13.6. The Bertz CT molecular complexity index is 1100. The summed E-state index contributed by atoms with van der Waals surface area (Å²) in [7, 11) is 0. The fourth-order valence-electron chi connectivity index (χ4n) is 4.27. The molecule has 0 N–H and O–H groups in total. The van der Waals surface area contributed by atoms with Gasteiger partial charge in [-0.2, -0.15) is 0 Å². The summed E-state index contributed by atoms with van der Waals surface area (Å²) in [6.45, 7) is 4.45. The summed E-state index contributed by atoms with van der Waals surface area (Å²) in [6, 6.07) is 23.9. The number of nitrogens with zero attached hydrogens (tertiary/aromatic N) is 2. The maximum Gasteiger partial charge on any atom is 0.249 e. The van der Waals surface area contributed by atoms with Crippen molar-refractivity contribution in [2.24, 2.45) is 0 Å². The van der Waals surface area contributed by atoms with Gasteiger partial charge in [-0.15, -0.1) is 11.3 Å². The Morgan fingerprint density at radius 2 is 1.64 bits per heavy atom. The molecular weight excluding hydrogens is 472 g/mol. The number of rotatable bonds is 12. The predicted octanol–water partition coefficient (Wildman–Crippen LogP) is 4.81. The minimum Gasteiger partial charge on any atom is -0.376 e. The Morgan fingerprint density at radius 3 is 2.28 bits per heavy atom. The lowest BCUT2D eigenvalue weighted by Crippen LogP contribution is -2.46. The predicted molar refractivity (Wildman–Crippen MR) is 141 cm³/mol. The molecule has 2 aromatic carbocycles. The molecule has 0 saturated carbocycles. The monoisotopic (exact) mass is 506 g/mol. The van der Waals surface area contributed by atoms with E-state index in [-0.39, 0.29) is 31.1 Å². The molecular formula is C29H34N2O4S. The summed E-state index contributed by atoms with van der Waals surface area (Å²) >= 11 is 1.69. The number of amides is 2. The van der Waals surface area contributed by atoms with Gasteiger partial charge in [-0.05, 0) is 43.0 Å². The average molecular weight is 507 g/mol. The minimum atomic E-state index is -0.193. The van der Waals surface area contributed by atoms with Gasteiger partial charge in [0.05, 0.1) is 25.8 Å². The Kier molecular flexibility index (Phi) is 9.67. The van der Waals surface area contributed by atoms with Crippen LogP contribution < -0.4 is 0 Å². The molecule has 1 aliphatic heterocycles. The summed E-state index contributed by atoms with van der Waals surface area (Å²) < 4.78 is 11.5. The first-order chi connectivity index (χ1) is 17.6. The van der Waals surface area contributed by atoms with Crippen LogP contribution in [0.15, 0.2) is 72.8 Å². The van der Waals surface area contributed by atoms with Crippen LogP contribution in [0.4, 0.5) is 0 Å². The van der Waals surface area contributed by atoms with Crippen molar-refractivity contribution in [2.45, 2.75) is 45.6 Å². The lowest BCUT2D eigenvalue weighted by Gasteiger charge is -2.29. The van der Waals surface area contributed by atoms with Gasteiger partial charge >= 0.3 is 0 Å². The summed E-state index contributed by atoms with van der Waals surface area (Å²) in [5, 5.41) is 0. The molecule has 36 heavy (non-hydrogen) atoms. The number of carbonyl (C=O) groups excluding carboxylic acids is 2. The molecule has 1 atom stereocenters. The number of carbonyl (C=O) groups is 2. The second-order valence-electron chi connectivity index (χ2n) is 9.14. The topological polar surface area (TPSA) is 59.1 Å². The lowest BCUT2D eigenvalue weighted by molar-refractivity contribution is -0.145. The first-order valence-electron chi connectivity index (χ1n) is 12.4. The van der Waals surface area contributed by atoms with Crippen molar-refractivity contribution in [3.05, 3.63) is 93.7 Å². The molecule has 1 fully saturated rings. The first-order valence-corrected chi connectivity index (χ1v) is 13.3. The standard InChI is InChI=1S/C29H34N2O4S/c1-23-14-15-27(36-23)19-30(17-24-9-4-2-5-10-24)28(32)20-31(18-26-13-8-16-35-26)29(33)22-34-21-25-11-6-3-7-12-25/h2-7,9-12,14-15,26H,8,13,16-22H2,1H3. The van der Waals surface area contributed by atoms with Gasteiger partial charge in [-0.3, -0.25) is 9.59 Å². The van der Waals surface area contributed by atoms with E-state index in [1.54, 1.807) is 16.2 Å². The third kappa shape index (κ3) is 8.01. The van der Waals surface area contributed by atoms with Gasteiger partial charge in [0.1, 0.15) is 6.61 Å². The van der Waals surface area contributed by atoms with Crippen LogP contribution in [-0.4, -0.2) is 54.0 Å². The zero-order chi connectivity index (χ0) is 25.2. The first kappa shape index (κ1) is 26.1. The van der Waals surface area contributed by atoms with Crippen LogP contribution in [0, 0.1) is 6.92 Å². The zero-order valence-electron chi connectivity index (χ0n) is 20.8. The van der Waals surface area contributed by atoms with E-state index in [2.05, 4.69) is 19.1 Å². The molecule has 1 aliphatic rings. The molecule has 0 aliphatic carbocycles. The van der Waals surface area contributed by atoms with E-state index in [1.807, 2.05) is 65.6 Å². The highest BCUT2D eigenvalue weighted by atomic mass is 32.1. The van der Waals surface area contributed by atoms with E-state index < -0.39 is 0 Å². The zero-order valence-corrected chi connectivity index (χ0v) is 21.6. The van der Waals surface area contributed by atoms with Crippen LogP contribution in [0.2, 0.25) is 0 Å². The van der Waals surface area contributed by atoms with Crippen LogP contribution in [0.5, 0.6) is 0 Å². The quantitative estimate of drug-likeness (QED) is 0.354. The molecule has 0 radical (unpaired) electrons. The van der Waals surface area contributed by atoms with E-state index in [4.69, 9.17) is 9.47 Å². The van der Waals surface area contributed by atoms with E-state index in [9.17, 15) is 9.59 Å². The van der Waals surface area contributed by atoms with Gasteiger partial charge in [0.2, 0.25) is 11.8 Å². The highest BCUT2D eigenvalue weighted by Gasteiger charge is 2.26. The minimum absolute atomic E-state index is 0.00454. The number of hydrogen-bond acceptors (Lipinski definition) is 5. The molecule has 0 spiro atoms. The molecule has 6 nitrogen and oxygen atoms in total. The number of benzene rings is 2. The number of thiophene rings is 1. The Labute approximate surface area is 217 Å². The third-order valence-corrected chi connectivity index (χ3v) is 7.16. The molecule has 2 heterocycles. The highest BCUT2D eigenvalue weighted by Crippen LogP contribution is 2.20. The van der Waals surface area contributed by atoms with Crippen molar-refractivity contribution < 1.29 is 19.1 Å². The van der Waals surface area contributed by atoms with Crippen LogP contribution in [0.3, 0.4) is 0 Å². The summed E-state index contributed by atoms with van der Waals surface area (Å²) in [5.74, 6) is -0.277.